The van der Waals surface area contributed by atoms with Gasteiger partial charge in [-0.2, -0.15) is 0 Å². The summed E-state index contributed by atoms with van der Waals surface area (Å²) in [7, 11) is 0. The molecular weight excluding hydrogens is 395 g/mol. The maximum absolute atomic E-state index is 12.6. The number of carbonyl (C=O) groups is 2. The number of nitrogens with one attached hydrogen (secondary N) is 1. The highest BCUT2D eigenvalue weighted by atomic mass is 35.5. The highest BCUT2D eigenvalue weighted by Crippen LogP contribution is 2.27. The van der Waals surface area contributed by atoms with Crippen molar-refractivity contribution in [2.75, 3.05) is 6.61 Å². The average molecular weight is 411 g/mol. The molecule has 27 heavy (non-hydrogen) atoms. The Balaban J connectivity index is 2.29. The molecule has 0 aliphatic rings. The predicted molar refractivity (Wildman–Crippen MR) is 101 cm³/mol. The van der Waals surface area contributed by atoms with Gasteiger partial charge >= 0.3 is 5.97 Å². The molecule has 7 nitrogen and oxygen atoms in total. The van der Waals surface area contributed by atoms with Crippen LogP contribution >= 0.6 is 23.2 Å². The number of non-ortho nitro benzene ring substituents is 1. The lowest BCUT2D eigenvalue weighted by Crippen LogP contribution is -2.31. The Morgan fingerprint density at radius 2 is 1.89 bits per heavy atom. The molecule has 0 aromatic heterocycles. The van der Waals surface area contributed by atoms with Gasteiger partial charge in [-0.3, -0.25) is 19.7 Å². The van der Waals surface area contributed by atoms with E-state index in [1.54, 1.807) is 31.2 Å². The van der Waals surface area contributed by atoms with Crippen LogP contribution in [0, 0.1) is 10.1 Å². The summed E-state index contributed by atoms with van der Waals surface area (Å²) in [5, 5.41) is 13.8. The number of hydrogen-bond donors (Lipinski definition) is 1. The second-order valence-electron chi connectivity index (χ2n) is 5.48. The van der Waals surface area contributed by atoms with Gasteiger partial charge in [0.2, 0.25) is 0 Å². The summed E-state index contributed by atoms with van der Waals surface area (Å²) >= 11 is 12.2. The summed E-state index contributed by atoms with van der Waals surface area (Å²) in [4.78, 5) is 34.7. The molecule has 1 N–H and O–H groups in total. The minimum atomic E-state index is -0.753. The van der Waals surface area contributed by atoms with E-state index in [-0.39, 0.29) is 29.3 Å². The van der Waals surface area contributed by atoms with E-state index < -0.39 is 22.8 Å². The number of esters is 1. The van der Waals surface area contributed by atoms with E-state index >= 15 is 0 Å². The molecule has 0 saturated carbocycles. The van der Waals surface area contributed by atoms with Crippen molar-refractivity contribution >= 4 is 40.8 Å². The van der Waals surface area contributed by atoms with Crippen LogP contribution in [0.3, 0.4) is 0 Å². The molecule has 9 heteroatoms. The van der Waals surface area contributed by atoms with Crippen LogP contribution in [-0.2, 0) is 9.53 Å². The summed E-state index contributed by atoms with van der Waals surface area (Å²) in [5.41, 5.74) is 0.354. The molecule has 0 spiro atoms. The number of nitrogens with zero attached hydrogens (tertiary/aromatic N) is 1. The number of rotatable bonds is 7. The lowest BCUT2D eigenvalue weighted by Gasteiger charge is -2.20. The van der Waals surface area contributed by atoms with Gasteiger partial charge in [-0.25, -0.2) is 0 Å². The first-order valence-electron chi connectivity index (χ1n) is 7.98. The molecular formula is C18H16Cl2N2O5. The summed E-state index contributed by atoms with van der Waals surface area (Å²) in [6, 6.07) is 9.54. The second-order valence-corrected chi connectivity index (χ2v) is 6.29. The summed E-state index contributed by atoms with van der Waals surface area (Å²) in [6.07, 6.45) is -0.131. The van der Waals surface area contributed by atoms with Crippen molar-refractivity contribution in [1.29, 1.82) is 0 Å². The molecule has 0 heterocycles. The van der Waals surface area contributed by atoms with Gasteiger partial charge in [-0.05, 0) is 24.6 Å². The van der Waals surface area contributed by atoms with Gasteiger partial charge < -0.3 is 10.1 Å². The van der Waals surface area contributed by atoms with E-state index in [0.717, 1.165) is 6.07 Å². The third-order valence-electron chi connectivity index (χ3n) is 3.67. The molecule has 2 aromatic rings. The summed E-state index contributed by atoms with van der Waals surface area (Å²) in [6.45, 7) is 1.88. The fraction of sp³-hybridized carbons (Fsp3) is 0.222. The molecule has 1 amide bonds. The Hall–Kier alpha value is -2.64. The second kappa shape index (κ2) is 9.34. The molecule has 0 fully saturated rings. The van der Waals surface area contributed by atoms with Crippen LogP contribution in [0.2, 0.25) is 10.0 Å². The Labute approximate surface area is 165 Å². The monoisotopic (exact) mass is 410 g/mol. The van der Waals surface area contributed by atoms with E-state index in [2.05, 4.69) is 5.32 Å². The van der Waals surface area contributed by atoms with Crippen molar-refractivity contribution in [3.05, 3.63) is 73.8 Å². The Morgan fingerprint density at radius 3 is 2.48 bits per heavy atom. The number of benzene rings is 2. The van der Waals surface area contributed by atoms with Gasteiger partial charge in [0, 0.05) is 17.2 Å². The van der Waals surface area contributed by atoms with Crippen LogP contribution in [0.25, 0.3) is 0 Å². The van der Waals surface area contributed by atoms with Gasteiger partial charge in [-0.1, -0.05) is 41.4 Å². The molecule has 1 atom stereocenters. The molecule has 2 aromatic carbocycles. The van der Waals surface area contributed by atoms with E-state index in [0.29, 0.717) is 10.6 Å². The van der Waals surface area contributed by atoms with Crippen molar-refractivity contribution in [3.8, 4) is 0 Å². The van der Waals surface area contributed by atoms with Gasteiger partial charge in [-0.15, -0.1) is 0 Å². The van der Waals surface area contributed by atoms with Gasteiger partial charge in [0.25, 0.3) is 11.6 Å². The molecule has 2 rings (SSSR count). The summed E-state index contributed by atoms with van der Waals surface area (Å²) in [5.74, 6) is -1.10. The minimum Gasteiger partial charge on any atom is -0.466 e. The maximum Gasteiger partial charge on any atom is 0.308 e. The highest BCUT2D eigenvalue weighted by molar-refractivity contribution is 6.34. The number of nitro groups is 1. The number of halogens is 2. The average Bonchev–Trinajstić information content (AvgIpc) is 2.61. The van der Waals surface area contributed by atoms with E-state index in [9.17, 15) is 19.7 Å². The first kappa shape index (κ1) is 20.7. The zero-order chi connectivity index (χ0) is 20.0. The van der Waals surface area contributed by atoms with Crippen LogP contribution in [0.15, 0.2) is 42.5 Å². The van der Waals surface area contributed by atoms with Crippen LogP contribution in [0.1, 0.15) is 35.3 Å². The van der Waals surface area contributed by atoms with Crippen LogP contribution in [0.5, 0.6) is 0 Å². The first-order valence-corrected chi connectivity index (χ1v) is 8.74. The SMILES string of the molecule is CCOC(=O)C[C@H](NC(=O)c1ccc([N+](=O)[O-])cc1Cl)c1ccccc1Cl. The van der Waals surface area contributed by atoms with Crippen molar-refractivity contribution in [1.82, 2.24) is 5.32 Å². The lowest BCUT2D eigenvalue weighted by molar-refractivity contribution is -0.384. The van der Waals surface area contributed by atoms with Crippen LogP contribution < -0.4 is 5.32 Å². The zero-order valence-electron chi connectivity index (χ0n) is 14.3. The van der Waals surface area contributed by atoms with Crippen LogP contribution in [0.4, 0.5) is 5.69 Å². The largest absolute Gasteiger partial charge is 0.466 e. The smallest absolute Gasteiger partial charge is 0.308 e. The van der Waals surface area contributed by atoms with Gasteiger partial charge in [0.15, 0.2) is 0 Å². The standard InChI is InChI=1S/C18H16Cl2N2O5/c1-2-27-17(23)10-16(12-5-3-4-6-14(12)19)21-18(24)13-8-7-11(22(25)26)9-15(13)20/h3-9,16H,2,10H2,1H3,(H,21,24)/t16-/m0/s1. The Bertz CT molecular complexity index is 873. The van der Waals surface area contributed by atoms with E-state index in [4.69, 9.17) is 27.9 Å². The van der Waals surface area contributed by atoms with Crippen molar-refractivity contribution in [3.63, 3.8) is 0 Å². The third-order valence-corrected chi connectivity index (χ3v) is 4.33. The van der Waals surface area contributed by atoms with E-state index in [1.165, 1.54) is 12.1 Å². The molecule has 0 aliphatic heterocycles. The quantitative estimate of drug-likeness (QED) is 0.416. The molecule has 142 valence electrons. The molecule has 0 radical (unpaired) electrons. The highest BCUT2D eigenvalue weighted by Gasteiger charge is 2.23. The Kier molecular flexibility index (Phi) is 7.15. The summed E-state index contributed by atoms with van der Waals surface area (Å²) < 4.78 is 4.95. The van der Waals surface area contributed by atoms with Crippen LogP contribution in [-0.4, -0.2) is 23.4 Å². The predicted octanol–water partition coefficient (Wildman–Crippen LogP) is 4.33. The minimum absolute atomic E-state index is 0.0446. The third kappa shape index (κ3) is 5.42. The number of amides is 1. The normalized spacial score (nSPS) is 11.5. The molecule has 0 saturated heterocycles. The zero-order valence-corrected chi connectivity index (χ0v) is 15.8. The van der Waals surface area contributed by atoms with Crippen molar-refractivity contribution in [2.24, 2.45) is 0 Å². The number of hydrogen-bond acceptors (Lipinski definition) is 5. The molecule has 0 unspecified atom stereocenters. The Morgan fingerprint density at radius 1 is 1.19 bits per heavy atom. The molecule has 0 bridgehead atoms. The van der Waals surface area contributed by atoms with Gasteiger partial charge in [0.05, 0.1) is 34.6 Å². The van der Waals surface area contributed by atoms with Crippen molar-refractivity contribution < 1.29 is 19.2 Å². The van der Waals surface area contributed by atoms with Gasteiger partial charge in [0.1, 0.15) is 0 Å². The van der Waals surface area contributed by atoms with Crippen molar-refractivity contribution in [2.45, 2.75) is 19.4 Å². The van der Waals surface area contributed by atoms with E-state index in [1.807, 2.05) is 0 Å². The number of carbonyl (C=O) groups excluding carboxylic acids is 2. The number of ether oxygens (including phenoxy) is 1. The maximum atomic E-state index is 12.6. The topological polar surface area (TPSA) is 98.5 Å². The number of nitro benzene ring substituents is 1. The first-order chi connectivity index (χ1) is 12.8. The fourth-order valence-electron chi connectivity index (χ4n) is 2.42. The molecule has 0 aliphatic carbocycles. The fourth-order valence-corrected chi connectivity index (χ4v) is 2.95. The lowest BCUT2D eigenvalue weighted by atomic mass is 10.0.